The molecule has 1 aromatic rings. The van der Waals surface area contributed by atoms with Crippen molar-refractivity contribution < 1.29 is 0 Å². The third-order valence-electron chi connectivity index (χ3n) is 1.72. The van der Waals surface area contributed by atoms with Gasteiger partial charge in [0.05, 0.1) is 0 Å². The lowest BCUT2D eigenvalue weighted by Crippen LogP contribution is -1.90. The van der Waals surface area contributed by atoms with Gasteiger partial charge in [0.15, 0.2) is 0 Å². The average Bonchev–Trinajstić information content (AvgIpc) is 2.59. The van der Waals surface area contributed by atoms with Crippen molar-refractivity contribution in [3.8, 4) is 0 Å². The highest BCUT2D eigenvalue weighted by molar-refractivity contribution is 7.78. The maximum absolute atomic E-state index is 2.22. The van der Waals surface area contributed by atoms with Crippen molar-refractivity contribution in [1.29, 1.82) is 0 Å². The van der Waals surface area contributed by atoms with E-state index in [0.29, 0.717) is 0 Å². The Morgan fingerprint density at radius 2 is 1.83 bits per heavy atom. The Morgan fingerprint density at radius 1 is 1.00 bits per heavy atom. The van der Waals surface area contributed by atoms with Gasteiger partial charge in [-0.05, 0) is 30.8 Å². The average molecular weight is 191 g/mol. The number of benzene rings is 1. The summed E-state index contributed by atoms with van der Waals surface area (Å²) in [6.45, 7) is 0. The summed E-state index contributed by atoms with van der Waals surface area (Å²) in [5.41, 5.74) is 1.43. The molecule has 12 heavy (non-hydrogen) atoms. The zero-order valence-electron chi connectivity index (χ0n) is 6.64. The molecule has 0 aliphatic carbocycles. The van der Waals surface area contributed by atoms with E-state index >= 15 is 0 Å². The Hall–Kier alpha value is -0.440. The van der Waals surface area contributed by atoms with Crippen LogP contribution >= 0.6 is 16.8 Å². The molecule has 0 bridgehead atoms. The van der Waals surface area contributed by atoms with Crippen LogP contribution in [0.3, 0.4) is 0 Å². The third kappa shape index (κ3) is 2.03. The molecule has 0 unspecified atom stereocenters. The molecule has 0 amide bonds. The first-order valence-corrected chi connectivity index (χ1v) is 5.84. The molecule has 1 radical (unpaired) electrons. The maximum atomic E-state index is 2.22. The first kappa shape index (κ1) is 8.17. The van der Waals surface area contributed by atoms with Crippen LogP contribution in [0.15, 0.2) is 42.0 Å². The predicted molar refractivity (Wildman–Crippen MR) is 58.1 cm³/mol. The van der Waals surface area contributed by atoms with E-state index in [9.17, 15) is 0 Å². The summed E-state index contributed by atoms with van der Waals surface area (Å²) in [4.78, 5) is 0. The smallest absolute Gasteiger partial charge is 0.00289 e. The van der Waals surface area contributed by atoms with Crippen LogP contribution in [0.1, 0.15) is 5.56 Å². The van der Waals surface area contributed by atoms with Gasteiger partial charge in [-0.25, -0.2) is 0 Å². The Labute approximate surface area is 76.3 Å². The second kappa shape index (κ2) is 3.99. The number of hydrogen-bond donors (Lipinski definition) is 0. The minimum absolute atomic E-state index is 1.14. The zero-order chi connectivity index (χ0) is 8.23. The molecule has 0 nitrogen and oxygen atoms in total. The Bertz CT molecular complexity index is 312. The minimum atomic E-state index is 1.14. The Kier molecular flexibility index (Phi) is 2.71. The minimum Gasteiger partial charge on any atom is -0.0713 e. The molecule has 1 heterocycles. The summed E-state index contributed by atoms with van der Waals surface area (Å²) < 4.78 is 0. The van der Waals surface area contributed by atoms with Gasteiger partial charge in [-0.3, -0.25) is 0 Å². The summed E-state index contributed by atoms with van der Waals surface area (Å²) in [7, 11) is 2.81. The molecule has 0 fully saturated rings. The van der Waals surface area contributed by atoms with E-state index in [1.807, 2.05) is 0 Å². The summed E-state index contributed by atoms with van der Waals surface area (Å²) in [6.07, 6.45) is 1.14. The van der Waals surface area contributed by atoms with Gasteiger partial charge in [-0.2, -0.15) is 0 Å². The lowest BCUT2D eigenvalue weighted by Gasteiger charge is -1.99. The highest BCUT2D eigenvalue weighted by Gasteiger charge is 2.01. The molecule has 0 saturated heterocycles. The van der Waals surface area contributed by atoms with Crippen LogP contribution in [0, 0.1) is 0 Å². The quantitative estimate of drug-likeness (QED) is 0.624. The molecule has 2 rings (SSSR count). The summed E-state index contributed by atoms with van der Waals surface area (Å²) >= 11 is 0. The number of hydrogen-bond acceptors (Lipinski definition) is 0. The van der Waals surface area contributed by atoms with Crippen LogP contribution in [0.4, 0.5) is 0 Å². The van der Waals surface area contributed by atoms with Crippen molar-refractivity contribution in [1.82, 2.24) is 0 Å². The van der Waals surface area contributed by atoms with E-state index in [2.05, 4.69) is 42.0 Å². The third-order valence-corrected chi connectivity index (χ3v) is 4.16. The molecule has 1 aliphatic heterocycles. The van der Waals surface area contributed by atoms with Crippen molar-refractivity contribution >= 4 is 21.8 Å². The zero-order valence-corrected chi connectivity index (χ0v) is 8.43. The first-order valence-electron chi connectivity index (χ1n) is 3.91. The summed E-state index contributed by atoms with van der Waals surface area (Å²) in [5.74, 6) is 4.44. The summed E-state index contributed by atoms with van der Waals surface area (Å²) in [5, 5.41) is 1.58. The Balaban J connectivity index is 2.05. The topological polar surface area (TPSA) is 0 Å². The van der Waals surface area contributed by atoms with Crippen LogP contribution < -0.4 is 0 Å². The second-order valence-electron chi connectivity index (χ2n) is 2.63. The molecule has 0 atom stereocenters. The van der Waals surface area contributed by atoms with Crippen molar-refractivity contribution in [2.75, 3.05) is 0 Å². The van der Waals surface area contributed by atoms with Gasteiger partial charge < -0.3 is 0 Å². The molecular weight excluding hydrogens is 182 g/mol. The van der Waals surface area contributed by atoms with Gasteiger partial charge in [0.2, 0.25) is 0 Å². The fourth-order valence-corrected chi connectivity index (χ4v) is 3.23. The molecule has 1 aliphatic rings. The van der Waals surface area contributed by atoms with Crippen molar-refractivity contribution in [3.63, 3.8) is 0 Å². The van der Waals surface area contributed by atoms with Gasteiger partial charge in [0.1, 0.15) is 0 Å². The van der Waals surface area contributed by atoms with Gasteiger partial charge in [-0.15, -0.1) is 0 Å². The van der Waals surface area contributed by atoms with E-state index in [1.54, 1.807) is 5.03 Å². The lowest BCUT2D eigenvalue weighted by atomic mass is 10.2. The number of rotatable bonds is 2. The molecule has 0 aromatic heterocycles. The molecule has 0 saturated carbocycles. The van der Waals surface area contributed by atoms with Crippen LogP contribution in [0.5, 0.6) is 0 Å². The van der Waals surface area contributed by atoms with Gasteiger partial charge >= 0.3 is 0 Å². The monoisotopic (exact) mass is 191 g/mol. The van der Waals surface area contributed by atoms with Gasteiger partial charge in [0, 0.05) is 6.42 Å². The molecular formula is C10H9P2. The molecule has 59 valence electrons. The maximum Gasteiger partial charge on any atom is 0.00289 e. The fourth-order valence-electron chi connectivity index (χ4n) is 1.14. The standard InChI is InChI=1S/C10H9P2/c1-2-4-9(5-3-1)8-10-11-6-7-12-10/h1-7H,8H2. The van der Waals surface area contributed by atoms with Crippen molar-refractivity contribution in [2.45, 2.75) is 6.42 Å². The molecule has 0 spiro atoms. The second-order valence-corrected chi connectivity index (χ2v) is 5.18. The molecule has 0 N–H and O–H groups in total. The highest BCUT2D eigenvalue weighted by Crippen LogP contribution is 2.31. The lowest BCUT2D eigenvalue weighted by molar-refractivity contribution is 1.37. The van der Waals surface area contributed by atoms with E-state index < -0.39 is 0 Å². The summed E-state index contributed by atoms with van der Waals surface area (Å²) in [6, 6.07) is 10.7. The first-order chi connectivity index (χ1) is 5.95. The van der Waals surface area contributed by atoms with Crippen molar-refractivity contribution in [3.05, 3.63) is 47.5 Å². The highest BCUT2D eigenvalue weighted by atomic mass is 31.1. The van der Waals surface area contributed by atoms with Crippen LogP contribution in [-0.4, -0.2) is 5.03 Å². The van der Waals surface area contributed by atoms with Crippen LogP contribution in [0.25, 0.3) is 0 Å². The SMILES string of the molecule is C1=CP=C(Cc2ccccc2)[P]1. The van der Waals surface area contributed by atoms with Crippen LogP contribution in [0.2, 0.25) is 0 Å². The normalized spacial score (nSPS) is 18.2. The van der Waals surface area contributed by atoms with E-state index in [-0.39, 0.29) is 0 Å². The van der Waals surface area contributed by atoms with E-state index in [0.717, 1.165) is 6.42 Å². The Morgan fingerprint density at radius 3 is 2.50 bits per heavy atom. The fraction of sp³-hybridized carbons (Fsp3) is 0.100. The van der Waals surface area contributed by atoms with Gasteiger partial charge in [-0.1, -0.05) is 38.5 Å². The van der Waals surface area contributed by atoms with E-state index in [4.69, 9.17) is 0 Å². The van der Waals surface area contributed by atoms with Crippen molar-refractivity contribution in [2.24, 2.45) is 0 Å². The molecule has 2 heteroatoms. The van der Waals surface area contributed by atoms with Gasteiger partial charge in [0.25, 0.3) is 0 Å². The van der Waals surface area contributed by atoms with E-state index in [1.165, 1.54) is 22.3 Å². The predicted octanol–water partition coefficient (Wildman–Crippen LogP) is 3.74. The molecule has 1 aromatic carbocycles. The largest absolute Gasteiger partial charge is 0.0713 e. The van der Waals surface area contributed by atoms with Crippen LogP contribution in [-0.2, 0) is 6.42 Å².